The van der Waals surface area contributed by atoms with E-state index in [2.05, 4.69) is 0 Å². The van der Waals surface area contributed by atoms with Crippen molar-refractivity contribution in [2.24, 2.45) is 23.7 Å². The van der Waals surface area contributed by atoms with Crippen LogP contribution in [0, 0.1) is 23.7 Å². The first-order valence-corrected chi connectivity index (χ1v) is 9.69. The van der Waals surface area contributed by atoms with Crippen LogP contribution >= 0.6 is 0 Å². The summed E-state index contributed by atoms with van der Waals surface area (Å²) in [5, 5.41) is 21.7. The zero-order valence-electron chi connectivity index (χ0n) is 17.0. The van der Waals surface area contributed by atoms with Crippen LogP contribution in [0.4, 0.5) is 0 Å². The van der Waals surface area contributed by atoms with Gasteiger partial charge in [-0.05, 0) is 30.6 Å². The zero-order valence-corrected chi connectivity index (χ0v) is 17.0. The molecular weight excluding hydrogens is 332 g/mol. The quantitative estimate of drug-likeness (QED) is 0.574. The van der Waals surface area contributed by atoms with Gasteiger partial charge in [-0.3, -0.25) is 14.4 Å². The first kappa shape index (κ1) is 22.6. The predicted molar refractivity (Wildman–Crippen MR) is 101 cm³/mol. The summed E-state index contributed by atoms with van der Waals surface area (Å²) < 4.78 is 0. The molecular formula is C21H34O5. The summed E-state index contributed by atoms with van der Waals surface area (Å²) in [6.07, 6.45) is 1.60. The van der Waals surface area contributed by atoms with Crippen molar-refractivity contribution >= 4 is 17.3 Å². The number of carbonyl (C=O) groups is 3. The van der Waals surface area contributed by atoms with Crippen molar-refractivity contribution in [1.29, 1.82) is 0 Å². The van der Waals surface area contributed by atoms with Gasteiger partial charge in [0, 0.05) is 12.8 Å². The minimum absolute atomic E-state index is 0.00931. The van der Waals surface area contributed by atoms with Crippen LogP contribution in [0.1, 0.15) is 73.6 Å². The Kier molecular flexibility index (Phi) is 7.75. The van der Waals surface area contributed by atoms with E-state index < -0.39 is 34.6 Å². The lowest BCUT2D eigenvalue weighted by Crippen LogP contribution is -2.47. The Hall–Kier alpha value is -1.49. The van der Waals surface area contributed by atoms with E-state index in [1.165, 1.54) is 0 Å². The number of carbonyl (C=O) groups excluding carboxylic acids is 3. The largest absolute Gasteiger partial charge is 0.508 e. The van der Waals surface area contributed by atoms with Gasteiger partial charge in [-0.2, -0.15) is 0 Å². The molecule has 0 unspecified atom stereocenters. The highest BCUT2D eigenvalue weighted by Gasteiger charge is 2.58. The SMILES string of the molecule is CC(C)CCC(=O)[C@]1(O)C(O)=C(C(=O)CC(C)C)C(=O)[C@@H]1CCC(C)C. The molecule has 5 heteroatoms. The van der Waals surface area contributed by atoms with Crippen molar-refractivity contribution in [3.63, 3.8) is 0 Å². The van der Waals surface area contributed by atoms with E-state index in [-0.39, 0.29) is 42.6 Å². The van der Waals surface area contributed by atoms with Gasteiger partial charge in [-0.15, -0.1) is 0 Å². The maximum atomic E-state index is 12.9. The van der Waals surface area contributed by atoms with Crippen LogP contribution in [0.2, 0.25) is 0 Å². The van der Waals surface area contributed by atoms with E-state index in [0.717, 1.165) is 0 Å². The topological polar surface area (TPSA) is 91.7 Å². The van der Waals surface area contributed by atoms with Crippen molar-refractivity contribution in [2.75, 3.05) is 0 Å². The van der Waals surface area contributed by atoms with E-state index in [0.29, 0.717) is 12.8 Å². The third kappa shape index (κ3) is 4.81. The van der Waals surface area contributed by atoms with Crippen molar-refractivity contribution in [2.45, 2.75) is 79.2 Å². The Bertz CT molecular complexity index is 585. The summed E-state index contributed by atoms with van der Waals surface area (Å²) in [5.41, 5.74) is -2.63. The lowest BCUT2D eigenvalue weighted by Gasteiger charge is -2.28. The molecule has 1 aliphatic rings. The second kappa shape index (κ2) is 8.94. The van der Waals surface area contributed by atoms with Gasteiger partial charge in [-0.25, -0.2) is 0 Å². The monoisotopic (exact) mass is 366 g/mol. The fraction of sp³-hybridized carbons (Fsp3) is 0.762. The number of aliphatic hydroxyl groups is 2. The number of Topliss-reactive ketones (excluding diaryl/α,β-unsaturated/α-hetero) is 3. The molecule has 0 radical (unpaired) electrons. The third-order valence-electron chi connectivity index (χ3n) is 4.94. The molecule has 1 aliphatic carbocycles. The van der Waals surface area contributed by atoms with E-state index in [9.17, 15) is 24.6 Å². The number of allylic oxidation sites excluding steroid dienone is 1. The van der Waals surface area contributed by atoms with Crippen LogP contribution in [-0.2, 0) is 14.4 Å². The minimum atomic E-state index is -2.26. The molecule has 0 heterocycles. The Labute approximate surface area is 156 Å². The Morgan fingerprint density at radius 2 is 1.54 bits per heavy atom. The van der Waals surface area contributed by atoms with E-state index in [1.54, 1.807) is 0 Å². The second-order valence-corrected chi connectivity index (χ2v) is 8.75. The van der Waals surface area contributed by atoms with Crippen molar-refractivity contribution in [1.82, 2.24) is 0 Å². The summed E-state index contributed by atoms with van der Waals surface area (Å²) in [4.78, 5) is 38.1. The van der Waals surface area contributed by atoms with E-state index in [1.807, 2.05) is 41.5 Å². The summed E-state index contributed by atoms with van der Waals surface area (Å²) in [5.74, 6) is -2.92. The van der Waals surface area contributed by atoms with E-state index >= 15 is 0 Å². The zero-order chi connectivity index (χ0) is 20.2. The predicted octanol–water partition coefficient (Wildman–Crippen LogP) is 3.79. The molecule has 0 aromatic carbocycles. The van der Waals surface area contributed by atoms with Gasteiger partial charge in [0.15, 0.2) is 23.0 Å². The standard InChI is InChI=1S/C21H34O5/c1-12(2)7-9-15-19(24)18(16(22)11-14(5)6)20(25)21(15,26)17(23)10-8-13(3)4/h12-15,25-26H,7-11H2,1-6H3/t15-,21-/m0/s1. The van der Waals surface area contributed by atoms with Crippen LogP contribution in [0.3, 0.4) is 0 Å². The summed E-state index contributed by atoms with van der Waals surface area (Å²) >= 11 is 0. The first-order chi connectivity index (χ1) is 11.9. The third-order valence-corrected chi connectivity index (χ3v) is 4.94. The number of ketones is 3. The maximum Gasteiger partial charge on any atom is 0.190 e. The molecule has 0 bridgehead atoms. The number of aliphatic hydroxyl groups excluding tert-OH is 1. The Morgan fingerprint density at radius 3 is 2.00 bits per heavy atom. The highest BCUT2D eigenvalue weighted by Crippen LogP contribution is 2.42. The molecule has 0 aromatic heterocycles. The van der Waals surface area contributed by atoms with Crippen molar-refractivity contribution < 1.29 is 24.6 Å². The molecule has 0 saturated carbocycles. The normalized spacial score (nSPS) is 23.6. The molecule has 2 N–H and O–H groups in total. The summed E-state index contributed by atoms with van der Waals surface area (Å²) in [6, 6.07) is 0. The van der Waals surface area contributed by atoms with Gasteiger partial charge in [0.05, 0.1) is 5.92 Å². The molecule has 0 aromatic rings. The summed E-state index contributed by atoms with van der Waals surface area (Å²) in [7, 11) is 0. The van der Waals surface area contributed by atoms with Gasteiger partial charge in [0.2, 0.25) is 0 Å². The molecule has 0 aliphatic heterocycles. The molecule has 2 atom stereocenters. The highest BCUT2D eigenvalue weighted by atomic mass is 16.3. The van der Waals surface area contributed by atoms with Crippen LogP contribution in [0.25, 0.3) is 0 Å². The van der Waals surface area contributed by atoms with Crippen molar-refractivity contribution in [3.8, 4) is 0 Å². The lowest BCUT2D eigenvalue weighted by molar-refractivity contribution is -0.145. The number of rotatable bonds is 10. The van der Waals surface area contributed by atoms with E-state index in [4.69, 9.17) is 0 Å². The molecule has 5 nitrogen and oxygen atoms in total. The van der Waals surface area contributed by atoms with Gasteiger partial charge in [0.1, 0.15) is 11.3 Å². The Morgan fingerprint density at radius 1 is 1.00 bits per heavy atom. The molecule has 1 rings (SSSR count). The smallest absolute Gasteiger partial charge is 0.190 e. The van der Waals surface area contributed by atoms with Gasteiger partial charge in [0.25, 0.3) is 0 Å². The summed E-state index contributed by atoms with van der Waals surface area (Å²) in [6.45, 7) is 11.6. The fourth-order valence-corrected chi connectivity index (χ4v) is 3.36. The van der Waals surface area contributed by atoms with Gasteiger partial charge >= 0.3 is 0 Å². The average Bonchev–Trinajstić information content (AvgIpc) is 2.69. The molecule has 0 saturated heterocycles. The molecule has 26 heavy (non-hydrogen) atoms. The first-order valence-electron chi connectivity index (χ1n) is 9.69. The van der Waals surface area contributed by atoms with Crippen molar-refractivity contribution in [3.05, 3.63) is 11.3 Å². The fourth-order valence-electron chi connectivity index (χ4n) is 3.36. The molecule has 0 fully saturated rings. The second-order valence-electron chi connectivity index (χ2n) is 8.75. The van der Waals surface area contributed by atoms with Gasteiger partial charge in [-0.1, -0.05) is 48.0 Å². The highest BCUT2D eigenvalue weighted by molar-refractivity contribution is 6.25. The average molecular weight is 366 g/mol. The molecule has 0 spiro atoms. The van der Waals surface area contributed by atoms with Crippen LogP contribution in [0.5, 0.6) is 0 Å². The molecule has 148 valence electrons. The minimum Gasteiger partial charge on any atom is -0.508 e. The number of hydrogen-bond acceptors (Lipinski definition) is 5. The van der Waals surface area contributed by atoms with Gasteiger partial charge < -0.3 is 10.2 Å². The van der Waals surface area contributed by atoms with Crippen LogP contribution in [0.15, 0.2) is 11.3 Å². The molecule has 0 amide bonds. The Balaban J connectivity index is 3.27. The lowest BCUT2D eigenvalue weighted by atomic mass is 9.79. The number of hydrogen-bond donors (Lipinski definition) is 2. The maximum absolute atomic E-state index is 12.9. The van der Waals surface area contributed by atoms with Crippen LogP contribution < -0.4 is 0 Å². The van der Waals surface area contributed by atoms with Crippen LogP contribution in [-0.4, -0.2) is 33.2 Å².